The van der Waals surface area contributed by atoms with Crippen molar-refractivity contribution in [3.63, 3.8) is 0 Å². The molecule has 2 aliphatic rings. The minimum Gasteiger partial charge on any atom is -0.361 e. The number of nitrogens with one attached hydrogen (secondary N) is 2. The van der Waals surface area contributed by atoms with Gasteiger partial charge in [-0.3, -0.25) is 5.01 Å². The van der Waals surface area contributed by atoms with E-state index in [1.807, 2.05) is 24.5 Å². The molecule has 2 N–H and O–H groups in total. The Morgan fingerprint density at radius 1 is 1.07 bits per heavy atom. The molecule has 2 aromatic heterocycles. The zero-order valence-corrected chi connectivity index (χ0v) is 16.6. The molecule has 1 saturated heterocycles. The SMILES string of the molecule is Fc1ccc2[nH]cc(CCCCN3CCN(N4CNc5ncccc54)CC3)c2c1. The van der Waals surface area contributed by atoms with Crippen molar-refractivity contribution >= 4 is 22.4 Å². The van der Waals surface area contributed by atoms with Crippen molar-refractivity contribution in [3.8, 4) is 0 Å². The maximum absolute atomic E-state index is 13.5. The van der Waals surface area contributed by atoms with E-state index in [4.69, 9.17) is 0 Å². The van der Waals surface area contributed by atoms with Gasteiger partial charge in [-0.15, -0.1) is 0 Å². The molecule has 152 valence electrons. The number of aryl methyl sites for hydroxylation is 1. The van der Waals surface area contributed by atoms with Gasteiger partial charge in [0.1, 0.15) is 12.5 Å². The Morgan fingerprint density at radius 3 is 2.86 bits per heavy atom. The van der Waals surface area contributed by atoms with Crippen LogP contribution in [0.2, 0.25) is 0 Å². The van der Waals surface area contributed by atoms with Gasteiger partial charge in [-0.05, 0) is 61.7 Å². The quantitative estimate of drug-likeness (QED) is 0.627. The smallest absolute Gasteiger partial charge is 0.152 e. The molecular formula is C22H27FN6. The monoisotopic (exact) mass is 394 g/mol. The fourth-order valence-corrected chi connectivity index (χ4v) is 4.44. The molecule has 1 fully saturated rings. The third-order valence-corrected chi connectivity index (χ3v) is 6.05. The average Bonchev–Trinajstić information content (AvgIpc) is 3.36. The Morgan fingerprint density at radius 2 is 1.97 bits per heavy atom. The molecule has 6 nitrogen and oxygen atoms in total. The topological polar surface area (TPSA) is 50.4 Å². The third-order valence-electron chi connectivity index (χ3n) is 6.05. The number of hydrogen-bond donors (Lipinski definition) is 2. The first-order valence-corrected chi connectivity index (χ1v) is 10.5. The zero-order valence-electron chi connectivity index (χ0n) is 16.6. The van der Waals surface area contributed by atoms with Crippen LogP contribution >= 0.6 is 0 Å². The van der Waals surface area contributed by atoms with E-state index in [9.17, 15) is 4.39 Å². The number of hydrogen-bond acceptors (Lipinski definition) is 5. The Bertz CT molecular complexity index is 978. The van der Waals surface area contributed by atoms with Crippen LogP contribution in [0.1, 0.15) is 18.4 Å². The minimum atomic E-state index is -0.164. The van der Waals surface area contributed by atoms with Gasteiger partial charge in [-0.25, -0.2) is 14.4 Å². The Balaban J connectivity index is 1.07. The van der Waals surface area contributed by atoms with Crippen LogP contribution in [0, 0.1) is 5.82 Å². The predicted octanol–water partition coefficient (Wildman–Crippen LogP) is 3.45. The molecule has 5 rings (SSSR count). The molecule has 3 aromatic rings. The lowest BCUT2D eigenvalue weighted by atomic mass is 10.1. The van der Waals surface area contributed by atoms with E-state index in [1.165, 1.54) is 23.7 Å². The number of hydrazine groups is 1. The van der Waals surface area contributed by atoms with Gasteiger partial charge in [0.05, 0.1) is 5.69 Å². The van der Waals surface area contributed by atoms with Gasteiger partial charge in [0.25, 0.3) is 0 Å². The Labute approximate surface area is 170 Å². The number of pyridine rings is 1. The van der Waals surface area contributed by atoms with Gasteiger partial charge >= 0.3 is 0 Å². The summed E-state index contributed by atoms with van der Waals surface area (Å²) in [5, 5.41) is 9.13. The molecule has 29 heavy (non-hydrogen) atoms. The number of unbranched alkanes of at least 4 members (excludes halogenated alkanes) is 1. The molecular weight excluding hydrogens is 367 g/mol. The fraction of sp³-hybridized carbons (Fsp3) is 0.409. The van der Waals surface area contributed by atoms with Crippen LogP contribution in [0.25, 0.3) is 10.9 Å². The van der Waals surface area contributed by atoms with Crippen LogP contribution in [-0.4, -0.2) is 59.3 Å². The van der Waals surface area contributed by atoms with Gasteiger partial charge in [0.2, 0.25) is 0 Å². The Hall–Kier alpha value is -2.64. The van der Waals surface area contributed by atoms with Crippen molar-refractivity contribution < 1.29 is 4.39 Å². The number of piperazine rings is 1. The highest BCUT2D eigenvalue weighted by molar-refractivity contribution is 5.83. The second kappa shape index (κ2) is 8.00. The van der Waals surface area contributed by atoms with Gasteiger partial charge in [0.15, 0.2) is 5.82 Å². The molecule has 0 radical (unpaired) electrons. The number of anilines is 2. The molecule has 0 bridgehead atoms. The van der Waals surface area contributed by atoms with Crippen LogP contribution in [0.4, 0.5) is 15.9 Å². The summed E-state index contributed by atoms with van der Waals surface area (Å²) in [5.74, 6) is 0.815. The lowest BCUT2D eigenvalue weighted by Gasteiger charge is -2.40. The number of benzene rings is 1. The number of halogens is 1. The summed E-state index contributed by atoms with van der Waals surface area (Å²) in [7, 11) is 0. The first kappa shape index (κ1) is 18.4. The lowest BCUT2D eigenvalue weighted by Crippen LogP contribution is -2.54. The van der Waals surface area contributed by atoms with Crippen LogP contribution in [0.3, 0.4) is 0 Å². The normalized spacial score (nSPS) is 17.6. The molecule has 0 spiro atoms. The molecule has 0 atom stereocenters. The van der Waals surface area contributed by atoms with Crippen molar-refractivity contribution in [2.75, 3.05) is 49.7 Å². The minimum absolute atomic E-state index is 0.164. The summed E-state index contributed by atoms with van der Waals surface area (Å²) < 4.78 is 13.5. The van der Waals surface area contributed by atoms with Crippen LogP contribution < -0.4 is 10.3 Å². The highest BCUT2D eigenvalue weighted by Crippen LogP contribution is 2.30. The summed E-state index contributed by atoms with van der Waals surface area (Å²) in [5.41, 5.74) is 3.42. The van der Waals surface area contributed by atoms with Crippen LogP contribution in [-0.2, 0) is 6.42 Å². The number of fused-ring (bicyclic) bond motifs is 2. The molecule has 1 aromatic carbocycles. The molecule has 7 heteroatoms. The fourth-order valence-electron chi connectivity index (χ4n) is 4.44. The van der Waals surface area contributed by atoms with Gasteiger partial charge < -0.3 is 15.2 Å². The van der Waals surface area contributed by atoms with E-state index < -0.39 is 0 Å². The van der Waals surface area contributed by atoms with Crippen molar-refractivity contribution in [3.05, 3.63) is 54.1 Å². The van der Waals surface area contributed by atoms with Crippen LogP contribution in [0.15, 0.2) is 42.7 Å². The van der Waals surface area contributed by atoms with E-state index in [-0.39, 0.29) is 5.82 Å². The van der Waals surface area contributed by atoms with Crippen molar-refractivity contribution in [1.29, 1.82) is 0 Å². The molecule has 0 unspecified atom stereocenters. The summed E-state index contributed by atoms with van der Waals surface area (Å²) in [4.78, 5) is 10.2. The maximum atomic E-state index is 13.5. The molecule has 2 aliphatic heterocycles. The number of aromatic nitrogens is 2. The van der Waals surface area contributed by atoms with E-state index in [2.05, 4.69) is 36.3 Å². The first-order valence-electron chi connectivity index (χ1n) is 10.5. The highest BCUT2D eigenvalue weighted by Gasteiger charge is 2.27. The Kier molecular flexibility index (Phi) is 5.08. The number of rotatable bonds is 6. The van der Waals surface area contributed by atoms with E-state index in [0.717, 1.165) is 69.0 Å². The van der Waals surface area contributed by atoms with Crippen molar-refractivity contribution in [1.82, 2.24) is 19.9 Å². The maximum Gasteiger partial charge on any atom is 0.152 e. The second-order valence-electron chi connectivity index (χ2n) is 7.86. The standard InChI is InChI=1S/C22H27FN6/c23-18-6-7-20-19(14-18)17(15-25-20)4-1-2-9-27-10-12-28(13-11-27)29-16-26-22-21(29)5-3-8-24-22/h3,5-8,14-15,25H,1-2,4,9-13,16H2,(H,24,26). The molecule has 0 saturated carbocycles. The number of nitrogens with zero attached hydrogens (tertiary/aromatic N) is 4. The van der Waals surface area contributed by atoms with Crippen molar-refractivity contribution in [2.45, 2.75) is 19.3 Å². The molecule has 0 aliphatic carbocycles. The first-order chi connectivity index (χ1) is 14.3. The second-order valence-corrected chi connectivity index (χ2v) is 7.86. The summed E-state index contributed by atoms with van der Waals surface area (Å²) >= 11 is 0. The lowest BCUT2D eigenvalue weighted by molar-refractivity contribution is 0.123. The zero-order chi connectivity index (χ0) is 19.6. The highest BCUT2D eigenvalue weighted by atomic mass is 19.1. The van der Waals surface area contributed by atoms with Gasteiger partial charge in [0, 0.05) is 49.5 Å². The summed E-state index contributed by atoms with van der Waals surface area (Å²) in [6.45, 7) is 6.18. The predicted molar refractivity (Wildman–Crippen MR) is 114 cm³/mol. The number of aromatic amines is 1. The van der Waals surface area contributed by atoms with Crippen LogP contribution in [0.5, 0.6) is 0 Å². The van der Waals surface area contributed by atoms with E-state index in [0.29, 0.717) is 0 Å². The molecule has 0 amide bonds. The van der Waals surface area contributed by atoms with E-state index in [1.54, 1.807) is 6.07 Å². The molecule has 4 heterocycles. The average molecular weight is 394 g/mol. The number of H-pyrrole nitrogens is 1. The van der Waals surface area contributed by atoms with Crippen molar-refractivity contribution in [2.24, 2.45) is 0 Å². The third kappa shape index (κ3) is 3.80. The van der Waals surface area contributed by atoms with Gasteiger partial charge in [-0.2, -0.15) is 0 Å². The largest absolute Gasteiger partial charge is 0.361 e. The van der Waals surface area contributed by atoms with Gasteiger partial charge in [-0.1, -0.05) is 0 Å². The summed E-state index contributed by atoms with van der Waals surface area (Å²) in [6, 6.07) is 9.09. The summed E-state index contributed by atoms with van der Waals surface area (Å²) in [6.07, 6.45) is 7.14. The van der Waals surface area contributed by atoms with E-state index >= 15 is 0 Å².